The van der Waals surface area contributed by atoms with Gasteiger partial charge in [0, 0.05) is 0 Å². The second-order valence-corrected chi connectivity index (χ2v) is 1.46. The minimum absolute atomic E-state index is 2.20. The molecule has 0 radical (unpaired) electrons. The van der Waals surface area contributed by atoms with Gasteiger partial charge < -0.3 is 0 Å². The van der Waals surface area contributed by atoms with Crippen LogP contribution in [0.25, 0.3) is 0 Å². The third-order valence-electron chi connectivity index (χ3n) is 0.561. The molecule has 0 nitrogen and oxygen atoms in total. The van der Waals surface area contributed by atoms with Gasteiger partial charge in [-0.3, -0.25) is 0 Å². The van der Waals surface area contributed by atoms with Gasteiger partial charge in [0.2, 0.25) is 0 Å². The molecule has 0 heterocycles. The number of halogens is 6. The van der Waals surface area contributed by atoms with E-state index in [-0.39, 0.29) is 0 Å². The molecule has 0 unspecified atom stereocenters. The molecule has 6 heteroatoms. The van der Waals surface area contributed by atoms with Gasteiger partial charge in [0.15, 0.2) is 5.83 Å². The Morgan fingerprint density at radius 3 is 1.50 bits per heavy atom. The second-order valence-electron chi connectivity index (χ2n) is 1.46. The molecule has 0 aromatic heterocycles. The van der Waals surface area contributed by atoms with E-state index in [9.17, 15) is 26.3 Å². The Morgan fingerprint density at radius 2 is 1.40 bits per heavy atom. The highest BCUT2D eigenvalue weighted by Crippen LogP contribution is 2.27. The lowest BCUT2D eigenvalue weighted by atomic mass is 10.4. The maximum Gasteiger partial charge on any atom is 0.395 e. The first-order valence-electron chi connectivity index (χ1n) is 2.09. The molecule has 0 aliphatic heterocycles. The summed E-state index contributed by atoms with van der Waals surface area (Å²) < 4.78 is 66.5. The first kappa shape index (κ1) is 9.32. The minimum Gasteiger partial charge on any atom is -0.206 e. The van der Waals surface area contributed by atoms with Crippen molar-refractivity contribution in [1.29, 1.82) is 0 Å². The molecule has 0 fully saturated rings. The van der Waals surface area contributed by atoms with E-state index >= 15 is 0 Å². The van der Waals surface area contributed by atoms with Crippen molar-refractivity contribution in [1.82, 2.24) is 0 Å². The quantitative estimate of drug-likeness (QED) is 0.522. The topological polar surface area (TPSA) is 0 Å². The van der Waals surface area contributed by atoms with Gasteiger partial charge in [-0.05, 0) is 0 Å². The van der Waals surface area contributed by atoms with Gasteiger partial charge in [-0.2, -0.15) is 22.0 Å². The molecule has 0 aromatic rings. The van der Waals surface area contributed by atoms with Gasteiger partial charge in [0.1, 0.15) is 6.42 Å². The molecule has 0 rings (SSSR count). The molecular formula is C4H2F6. The Bertz CT molecular complexity index is 138. The number of rotatable bonds is 1. The van der Waals surface area contributed by atoms with Crippen molar-refractivity contribution in [3.8, 4) is 0 Å². The van der Waals surface area contributed by atoms with Crippen molar-refractivity contribution in [2.24, 2.45) is 0 Å². The van der Waals surface area contributed by atoms with Gasteiger partial charge in [-0.15, -0.1) is 0 Å². The van der Waals surface area contributed by atoms with Crippen LogP contribution in [0.5, 0.6) is 0 Å². The van der Waals surface area contributed by atoms with E-state index in [4.69, 9.17) is 0 Å². The molecule has 0 saturated carbocycles. The van der Waals surface area contributed by atoms with Gasteiger partial charge in [-0.25, -0.2) is 4.39 Å². The van der Waals surface area contributed by atoms with E-state index < -0.39 is 24.5 Å². The smallest absolute Gasteiger partial charge is 0.206 e. The van der Waals surface area contributed by atoms with Gasteiger partial charge >= 0.3 is 12.3 Å². The van der Waals surface area contributed by atoms with Crippen molar-refractivity contribution in [3.05, 3.63) is 11.9 Å². The van der Waals surface area contributed by atoms with Crippen LogP contribution in [0.1, 0.15) is 6.42 Å². The predicted molar refractivity (Wildman–Crippen MR) is 21.0 cm³/mol. The monoisotopic (exact) mass is 164 g/mol. The highest BCUT2D eigenvalue weighted by atomic mass is 19.4. The average molecular weight is 164 g/mol. The fraction of sp³-hybridized carbons (Fsp3) is 0.500. The minimum atomic E-state index is -4.91. The lowest BCUT2D eigenvalue weighted by Crippen LogP contribution is -2.06. The largest absolute Gasteiger partial charge is 0.395 e. The summed E-state index contributed by atoms with van der Waals surface area (Å²) >= 11 is 0. The van der Waals surface area contributed by atoms with Crippen molar-refractivity contribution >= 4 is 0 Å². The Kier molecular flexibility index (Phi) is 2.74. The molecular weight excluding hydrogens is 162 g/mol. The standard InChI is InChI=1S/C4H2F6/c5-2(3(6)7)1-4(8,9)10/h1H2. The van der Waals surface area contributed by atoms with E-state index in [1.807, 2.05) is 0 Å². The molecule has 0 aromatic carbocycles. The van der Waals surface area contributed by atoms with Crippen LogP contribution in [-0.4, -0.2) is 6.18 Å². The van der Waals surface area contributed by atoms with Crippen LogP contribution in [0.4, 0.5) is 26.3 Å². The van der Waals surface area contributed by atoms with Crippen LogP contribution in [-0.2, 0) is 0 Å². The van der Waals surface area contributed by atoms with Crippen molar-refractivity contribution in [2.45, 2.75) is 12.6 Å². The van der Waals surface area contributed by atoms with Crippen LogP contribution in [0.2, 0.25) is 0 Å². The van der Waals surface area contributed by atoms with E-state index in [0.717, 1.165) is 0 Å². The summed E-state index contributed by atoms with van der Waals surface area (Å²) in [6.45, 7) is 0. The summed E-state index contributed by atoms with van der Waals surface area (Å²) in [5.74, 6) is -2.42. The molecule has 0 atom stereocenters. The molecule has 0 aliphatic rings. The normalized spacial score (nSPS) is 11.4. The molecule has 0 amide bonds. The van der Waals surface area contributed by atoms with Crippen LogP contribution in [0, 0.1) is 0 Å². The zero-order chi connectivity index (χ0) is 8.36. The third kappa shape index (κ3) is 4.22. The molecule has 60 valence electrons. The molecule has 0 aliphatic carbocycles. The Labute approximate surface area is 52.1 Å². The Balaban J connectivity index is 4.06. The number of hydrogen-bond donors (Lipinski definition) is 0. The average Bonchev–Trinajstić information content (AvgIpc) is 1.60. The molecule has 0 bridgehead atoms. The third-order valence-corrected chi connectivity index (χ3v) is 0.561. The van der Waals surface area contributed by atoms with Crippen LogP contribution in [0.3, 0.4) is 0 Å². The molecule has 0 N–H and O–H groups in total. The summed E-state index contributed by atoms with van der Waals surface area (Å²) in [5, 5.41) is 0. The maximum absolute atomic E-state index is 11.4. The van der Waals surface area contributed by atoms with Crippen LogP contribution in [0.15, 0.2) is 11.9 Å². The van der Waals surface area contributed by atoms with Crippen molar-refractivity contribution < 1.29 is 26.3 Å². The lowest BCUT2D eigenvalue weighted by Gasteiger charge is -2.01. The number of allylic oxidation sites excluding steroid dienone is 1. The summed E-state index contributed by atoms with van der Waals surface area (Å²) in [6.07, 6.45) is -10.0. The number of hydrogen-bond acceptors (Lipinski definition) is 0. The Hall–Kier alpha value is -0.680. The van der Waals surface area contributed by atoms with Crippen LogP contribution < -0.4 is 0 Å². The van der Waals surface area contributed by atoms with Crippen LogP contribution >= 0.6 is 0 Å². The van der Waals surface area contributed by atoms with E-state index in [1.165, 1.54) is 0 Å². The van der Waals surface area contributed by atoms with Gasteiger partial charge in [-0.1, -0.05) is 0 Å². The van der Waals surface area contributed by atoms with E-state index in [0.29, 0.717) is 0 Å². The SMILES string of the molecule is FC(F)=C(F)CC(F)(F)F. The maximum atomic E-state index is 11.4. The first-order chi connectivity index (χ1) is 4.33. The highest BCUT2D eigenvalue weighted by molar-refractivity contribution is 4.93. The van der Waals surface area contributed by atoms with Gasteiger partial charge in [0.05, 0.1) is 0 Å². The van der Waals surface area contributed by atoms with Crippen molar-refractivity contribution in [3.63, 3.8) is 0 Å². The number of alkyl halides is 3. The highest BCUT2D eigenvalue weighted by Gasteiger charge is 2.31. The first-order valence-corrected chi connectivity index (χ1v) is 2.09. The summed E-state index contributed by atoms with van der Waals surface area (Å²) in [7, 11) is 0. The van der Waals surface area contributed by atoms with E-state index in [2.05, 4.69) is 0 Å². The Morgan fingerprint density at radius 1 is 1.00 bits per heavy atom. The van der Waals surface area contributed by atoms with Gasteiger partial charge in [0.25, 0.3) is 0 Å². The molecule has 0 spiro atoms. The predicted octanol–water partition coefficient (Wildman–Crippen LogP) is 3.02. The van der Waals surface area contributed by atoms with E-state index in [1.54, 1.807) is 0 Å². The van der Waals surface area contributed by atoms with Crippen molar-refractivity contribution in [2.75, 3.05) is 0 Å². The summed E-state index contributed by atoms with van der Waals surface area (Å²) in [4.78, 5) is 0. The zero-order valence-electron chi connectivity index (χ0n) is 4.47. The molecule has 0 saturated heterocycles. The summed E-state index contributed by atoms with van der Waals surface area (Å²) in [5.41, 5.74) is 0. The fourth-order valence-electron chi connectivity index (χ4n) is 0.243. The fourth-order valence-corrected chi connectivity index (χ4v) is 0.243. The molecule has 10 heavy (non-hydrogen) atoms. The lowest BCUT2D eigenvalue weighted by molar-refractivity contribution is -0.130. The zero-order valence-corrected chi connectivity index (χ0v) is 4.47. The second kappa shape index (κ2) is 2.94. The summed E-state index contributed by atoms with van der Waals surface area (Å²) in [6, 6.07) is 0.